The van der Waals surface area contributed by atoms with Crippen molar-refractivity contribution >= 4 is 5.78 Å². The molecule has 0 amide bonds. The number of Topliss-reactive ketones (excluding diaryl/α,β-unsaturated/α-hetero) is 1. The molecular formula is C9H14N2O2. The van der Waals surface area contributed by atoms with Gasteiger partial charge in [0.05, 0.1) is 0 Å². The Kier molecular flexibility index (Phi) is 2.52. The maximum absolute atomic E-state index is 11.7. The second-order valence-electron chi connectivity index (χ2n) is 3.30. The van der Waals surface area contributed by atoms with E-state index in [4.69, 9.17) is 0 Å². The van der Waals surface area contributed by atoms with E-state index in [-0.39, 0.29) is 5.78 Å². The number of aliphatic hydroxyl groups is 1. The molecule has 0 spiro atoms. The largest absolute Gasteiger partial charge is 0.382 e. The molecule has 0 saturated heterocycles. The third-order valence-electron chi connectivity index (χ3n) is 2.23. The SMILES string of the molecule is CCC(C)(O)C(=O)c1ccnn1C. The fourth-order valence-electron chi connectivity index (χ4n) is 1.03. The van der Waals surface area contributed by atoms with Crippen LogP contribution in [0.5, 0.6) is 0 Å². The molecule has 0 radical (unpaired) electrons. The maximum atomic E-state index is 11.7. The lowest BCUT2D eigenvalue weighted by atomic mass is 9.96. The highest BCUT2D eigenvalue weighted by Crippen LogP contribution is 2.15. The number of ketones is 1. The molecule has 0 fully saturated rings. The van der Waals surface area contributed by atoms with E-state index in [1.165, 1.54) is 11.6 Å². The lowest BCUT2D eigenvalue weighted by Gasteiger charge is -2.18. The van der Waals surface area contributed by atoms with Crippen LogP contribution in [0.2, 0.25) is 0 Å². The van der Waals surface area contributed by atoms with Crippen LogP contribution < -0.4 is 0 Å². The molecule has 1 rings (SSSR count). The molecular weight excluding hydrogens is 168 g/mol. The molecule has 0 saturated carbocycles. The van der Waals surface area contributed by atoms with Crippen LogP contribution in [0.3, 0.4) is 0 Å². The number of nitrogens with zero attached hydrogens (tertiary/aromatic N) is 2. The van der Waals surface area contributed by atoms with Crippen molar-refractivity contribution in [3.63, 3.8) is 0 Å². The van der Waals surface area contributed by atoms with E-state index in [1.54, 1.807) is 26.2 Å². The van der Waals surface area contributed by atoms with Crippen molar-refractivity contribution in [2.24, 2.45) is 7.05 Å². The number of hydrogen-bond acceptors (Lipinski definition) is 3. The van der Waals surface area contributed by atoms with Gasteiger partial charge < -0.3 is 5.11 Å². The van der Waals surface area contributed by atoms with E-state index >= 15 is 0 Å². The second kappa shape index (κ2) is 3.30. The zero-order valence-corrected chi connectivity index (χ0v) is 8.11. The van der Waals surface area contributed by atoms with Gasteiger partial charge in [-0.1, -0.05) is 6.92 Å². The maximum Gasteiger partial charge on any atom is 0.211 e. The Morgan fingerprint density at radius 2 is 2.38 bits per heavy atom. The van der Waals surface area contributed by atoms with Gasteiger partial charge in [-0.3, -0.25) is 9.48 Å². The molecule has 0 bridgehead atoms. The van der Waals surface area contributed by atoms with Gasteiger partial charge >= 0.3 is 0 Å². The van der Waals surface area contributed by atoms with Crippen molar-refractivity contribution in [2.45, 2.75) is 25.9 Å². The molecule has 0 aliphatic heterocycles. The average Bonchev–Trinajstić information content (AvgIpc) is 2.50. The zero-order chi connectivity index (χ0) is 10.1. The summed E-state index contributed by atoms with van der Waals surface area (Å²) in [6.07, 6.45) is 1.94. The topological polar surface area (TPSA) is 55.1 Å². The van der Waals surface area contributed by atoms with Crippen LogP contribution in [0.25, 0.3) is 0 Å². The number of aromatic nitrogens is 2. The lowest BCUT2D eigenvalue weighted by molar-refractivity contribution is 0.0380. The highest BCUT2D eigenvalue weighted by molar-refractivity contribution is 6.00. The minimum Gasteiger partial charge on any atom is -0.382 e. The van der Waals surface area contributed by atoms with Gasteiger partial charge in [-0.15, -0.1) is 0 Å². The van der Waals surface area contributed by atoms with Crippen molar-refractivity contribution < 1.29 is 9.90 Å². The third-order valence-corrected chi connectivity index (χ3v) is 2.23. The van der Waals surface area contributed by atoms with E-state index in [1.807, 2.05) is 0 Å². The predicted molar refractivity (Wildman–Crippen MR) is 48.5 cm³/mol. The molecule has 1 N–H and O–H groups in total. The highest BCUT2D eigenvalue weighted by atomic mass is 16.3. The standard InChI is InChI=1S/C9H14N2O2/c1-4-9(2,13)8(12)7-5-6-10-11(7)3/h5-6,13H,4H2,1-3H3. The predicted octanol–water partition coefficient (Wildman–Crippen LogP) is 0.764. The van der Waals surface area contributed by atoms with Crippen LogP contribution in [0.4, 0.5) is 0 Å². The molecule has 1 unspecified atom stereocenters. The Morgan fingerprint density at radius 1 is 1.77 bits per heavy atom. The molecule has 1 aromatic heterocycles. The van der Waals surface area contributed by atoms with Gasteiger partial charge in [-0.05, 0) is 19.4 Å². The van der Waals surface area contributed by atoms with Gasteiger partial charge in [-0.25, -0.2) is 0 Å². The van der Waals surface area contributed by atoms with Crippen LogP contribution in [0.15, 0.2) is 12.3 Å². The molecule has 13 heavy (non-hydrogen) atoms. The fourth-order valence-corrected chi connectivity index (χ4v) is 1.03. The summed E-state index contributed by atoms with van der Waals surface area (Å²) in [4.78, 5) is 11.7. The van der Waals surface area contributed by atoms with E-state index in [9.17, 15) is 9.90 Å². The summed E-state index contributed by atoms with van der Waals surface area (Å²) < 4.78 is 1.46. The number of carbonyl (C=O) groups is 1. The average molecular weight is 182 g/mol. The van der Waals surface area contributed by atoms with Crippen molar-refractivity contribution in [2.75, 3.05) is 0 Å². The van der Waals surface area contributed by atoms with E-state index < -0.39 is 5.60 Å². The van der Waals surface area contributed by atoms with Gasteiger partial charge in [0.25, 0.3) is 0 Å². The normalized spacial score (nSPS) is 15.4. The molecule has 4 heteroatoms. The summed E-state index contributed by atoms with van der Waals surface area (Å²) >= 11 is 0. The summed E-state index contributed by atoms with van der Waals surface area (Å²) in [7, 11) is 1.68. The molecule has 1 atom stereocenters. The Morgan fingerprint density at radius 3 is 2.77 bits per heavy atom. The van der Waals surface area contributed by atoms with Crippen LogP contribution in [0, 0.1) is 0 Å². The number of carbonyl (C=O) groups excluding carboxylic acids is 1. The summed E-state index contributed by atoms with van der Waals surface area (Å²) in [6, 6.07) is 1.60. The molecule has 0 aliphatic carbocycles. The van der Waals surface area contributed by atoms with Crippen molar-refractivity contribution in [1.82, 2.24) is 9.78 Å². The Bertz CT molecular complexity index is 315. The number of aryl methyl sites for hydroxylation is 1. The van der Waals surface area contributed by atoms with Crippen LogP contribution in [-0.4, -0.2) is 26.3 Å². The highest BCUT2D eigenvalue weighted by Gasteiger charge is 2.30. The Labute approximate surface area is 77.2 Å². The van der Waals surface area contributed by atoms with E-state index in [0.717, 1.165) is 0 Å². The van der Waals surface area contributed by atoms with Gasteiger partial charge in [0.1, 0.15) is 11.3 Å². The summed E-state index contributed by atoms with van der Waals surface area (Å²) in [5.41, 5.74) is -0.847. The first-order valence-corrected chi connectivity index (χ1v) is 4.24. The van der Waals surface area contributed by atoms with Gasteiger partial charge in [0, 0.05) is 13.2 Å². The van der Waals surface area contributed by atoms with Gasteiger partial charge in [-0.2, -0.15) is 5.10 Å². The van der Waals surface area contributed by atoms with Crippen LogP contribution in [-0.2, 0) is 7.05 Å². The molecule has 4 nitrogen and oxygen atoms in total. The van der Waals surface area contributed by atoms with E-state index in [0.29, 0.717) is 12.1 Å². The number of rotatable bonds is 3. The fraction of sp³-hybridized carbons (Fsp3) is 0.556. The minimum atomic E-state index is -1.28. The first kappa shape index (κ1) is 9.92. The van der Waals surface area contributed by atoms with Crippen LogP contribution in [0.1, 0.15) is 30.8 Å². The van der Waals surface area contributed by atoms with Crippen LogP contribution >= 0.6 is 0 Å². The Balaban J connectivity index is 2.98. The van der Waals surface area contributed by atoms with Crippen molar-refractivity contribution in [1.29, 1.82) is 0 Å². The molecule has 1 heterocycles. The summed E-state index contributed by atoms with van der Waals surface area (Å²) in [5.74, 6) is -0.282. The summed E-state index contributed by atoms with van der Waals surface area (Å²) in [6.45, 7) is 3.29. The molecule has 72 valence electrons. The number of hydrogen-bond donors (Lipinski definition) is 1. The summed E-state index contributed by atoms with van der Waals surface area (Å²) in [5, 5.41) is 13.6. The first-order valence-electron chi connectivity index (χ1n) is 4.24. The van der Waals surface area contributed by atoms with Gasteiger partial charge in [0.15, 0.2) is 0 Å². The zero-order valence-electron chi connectivity index (χ0n) is 8.11. The molecule has 0 aliphatic rings. The smallest absolute Gasteiger partial charge is 0.211 e. The van der Waals surface area contributed by atoms with E-state index in [2.05, 4.69) is 5.10 Å². The van der Waals surface area contributed by atoms with Crippen molar-refractivity contribution in [3.8, 4) is 0 Å². The van der Waals surface area contributed by atoms with Crippen molar-refractivity contribution in [3.05, 3.63) is 18.0 Å². The Hall–Kier alpha value is -1.16. The monoisotopic (exact) mass is 182 g/mol. The lowest BCUT2D eigenvalue weighted by Crippen LogP contribution is -2.35. The first-order chi connectivity index (χ1) is 5.99. The third kappa shape index (κ3) is 1.78. The minimum absolute atomic E-state index is 0.282. The molecule has 0 aromatic carbocycles. The quantitative estimate of drug-likeness (QED) is 0.702. The van der Waals surface area contributed by atoms with Gasteiger partial charge in [0.2, 0.25) is 5.78 Å². The second-order valence-corrected chi connectivity index (χ2v) is 3.30. The molecule has 1 aromatic rings.